The van der Waals surface area contributed by atoms with Crippen LogP contribution in [0.1, 0.15) is 0 Å². The molecule has 1 N–H and O–H groups in total. The summed E-state index contributed by atoms with van der Waals surface area (Å²) in [5, 5.41) is 0. The Kier molecular flexibility index (Phi) is 2.42. The molecule has 0 saturated heterocycles. The number of benzene rings is 1. The molecule has 0 fully saturated rings. The predicted molar refractivity (Wildman–Crippen MR) is 44.0 cm³/mol. The number of anilines is 1. The van der Waals surface area contributed by atoms with Gasteiger partial charge in [0.1, 0.15) is 11.6 Å². The van der Waals surface area contributed by atoms with Crippen molar-refractivity contribution in [2.45, 2.75) is 0 Å². The summed E-state index contributed by atoms with van der Waals surface area (Å²) in [6, 6.07) is 3.38. The third-order valence-corrected chi connectivity index (χ3v) is 1.61. The minimum atomic E-state index is -0.575. The van der Waals surface area contributed by atoms with Crippen molar-refractivity contribution in [1.29, 1.82) is 0 Å². The van der Waals surface area contributed by atoms with Crippen molar-refractivity contribution in [3.05, 3.63) is 29.8 Å². The van der Waals surface area contributed by atoms with Crippen LogP contribution in [-0.2, 0) is 0 Å². The molecule has 0 aliphatic rings. The van der Waals surface area contributed by atoms with E-state index in [4.69, 9.17) is 0 Å². The molecule has 0 aliphatic heterocycles. The first kappa shape index (κ1) is 7.71. The Labute approximate surface area is 70.9 Å². The summed E-state index contributed by atoms with van der Waals surface area (Å²) >= 11 is 1.78. The summed E-state index contributed by atoms with van der Waals surface area (Å²) < 4.78 is 27.3. The molecular weight excluding hydrogens is 251 g/mol. The molecule has 0 unspecified atom stereocenters. The van der Waals surface area contributed by atoms with E-state index in [0.717, 1.165) is 6.07 Å². The Morgan fingerprint density at radius 3 is 2.50 bits per heavy atom. The molecule has 10 heavy (non-hydrogen) atoms. The van der Waals surface area contributed by atoms with Gasteiger partial charge < -0.3 is 3.53 Å². The summed E-state index contributed by atoms with van der Waals surface area (Å²) in [4.78, 5) is 0. The van der Waals surface area contributed by atoms with Crippen LogP contribution >= 0.6 is 22.9 Å². The van der Waals surface area contributed by atoms with Crippen LogP contribution in [0.4, 0.5) is 14.5 Å². The zero-order valence-electron chi connectivity index (χ0n) is 4.87. The molecule has 0 radical (unpaired) electrons. The van der Waals surface area contributed by atoms with Crippen LogP contribution in [0.25, 0.3) is 0 Å². The average molecular weight is 255 g/mol. The van der Waals surface area contributed by atoms with Gasteiger partial charge in [-0.25, -0.2) is 8.78 Å². The van der Waals surface area contributed by atoms with E-state index >= 15 is 0 Å². The second kappa shape index (κ2) is 3.14. The van der Waals surface area contributed by atoms with Gasteiger partial charge in [0.15, 0.2) is 0 Å². The average Bonchev–Trinajstić information content (AvgIpc) is 1.88. The second-order valence-corrected chi connectivity index (χ2v) is 2.26. The Morgan fingerprint density at radius 2 is 2.00 bits per heavy atom. The maximum Gasteiger partial charge on any atom is 0.149 e. The van der Waals surface area contributed by atoms with Crippen molar-refractivity contribution in [3.63, 3.8) is 0 Å². The largest absolute Gasteiger partial charge is 0.326 e. The van der Waals surface area contributed by atoms with Gasteiger partial charge in [0.05, 0.1) is 28.6 Å². The molecule has 1 aromatic carbocycles. The van der Waals surface area contributed by atoms with Gasteiger partial charge in [0, 0.05) is 6.07 Å². The molecule has 0 amide bonds. The zero-order chi connectivity index (χ0) is 7.56. The number of halogens is 3. The maximum atomic E-state index is 12.5. The Hall–Kier alpha value is -0.390. The summed E-state index contributed by atoms with van der Waals surface area (Å²) in [6.07, 6.45) is 0. The molecule has 0 aliphatic carbocycles. The van der Waals surface area contributed by atoms with Gasteiger partial charge in [-0.2, -0.15) is 0 Å². The highest BCUT2D eigenvalue weighted by molar-refractivity contribution is 14.1. The first-order chi connectivity index (χ1) is 4.74. The predicted octanol–water partition coefficient (Wildman–Crippen LogP) is 2.73. The van der Waals surface area contributed by atoms with E-state index in [1.165, 1.54) is 12.1 Å². The Morgan fingerprint density at radius 1 is 1.30 bits per heavy atom. The zero-order valence-corrected chi connectivity index (χ0v) is 7.02. The summed E-state index contributed by atoms with van der Waals surface area (Å²) in [5.74, 6) is -1.14. The van der Waals surface area contributed by atoms with Gasteiger partial charge in [0.2, 0.25) is 0 Å². The monoisotopic (exact) mass is 255 g/mol. The molecule has 0 heterocycles. The molecule has 54 valence electrons. The molecule has 1 nitrogen and oxygen atoms in total. The van der Waals surface area contributed by atoms with E-state index in [1.807, 2.05) is 0 Å². The molecule has 1 rings (SSSR count). The summed E-state index contributed by atoms with van der Waals surface area (Å²) in [6.45, 7) is 0. The van der Waals surface area contributed by atoms with Crippen LogP contribution in [0.3, 0.4) is 0 Å². The van der Waals surface area contributed by atoms with Gasteiger partial charge in [-0.15, -0.1) is 0 Å². The van der Waals surface area contributed by atoms with Crippen molar-refractivity contribution < 1.29 is 8.78 Å². The lowest BCUT2D eigenvalue weighted by Gasteiger charge is -1.97. The van der Waals surface area contributed by atoms with Crippen LogP contribution in [0.15, 0.2) is 18.2 Å². The van der Waals surface area contributed by atoms with E-state index in [0.29, 0.717) is 5.69 Å². The SMILES string of the molecule is Fc1ccc(NI)c(F)c1. The lowest BCUT2D eigenvalue weighted by molar-refractivity contribution is 0.586. The van der Waals surface area contributed by atoms with Crippen molar-refractivity contribution in [2.75, 3.05) is 3.53 Å². The van der Waals surface area contributed by atoms with E-state index < -0.39 is 11.6 Å². The molecule has 0 bridgehead atoms. The maximum absolute atomic E-state index is 12.5. The van der Waals surface area contributed by atoms with Crippen molar-refractivity contribution in [2.24, 2.45) is 0 Å². The number of nitrogens with one attached hydrogen (secondary N) is 1. The van der Waals surface area contributed by atoms with Crippen LogP contribution in [0.2, 0.25) is 0 Å². The smallest absolute Gasteiger partial charge is 0.149 e. The summed E-state index contributed by atoms with van der Waals surface area (Å²) in [5.41, 5.74) is 0.294. The van der Waals surface area contributed by atoms with Gasteiger partial charge in [-0.05, 0) is 12.1 Å². The Bertz CT molecular complexity index is 239. The molecule has 1 aromatic rings. The molecule has 0 aromatic heterocycles. The number of hydrogen-bond donors (Lipinski definition) is 1. The van der Waals surface area contributed by atoms with Gasteiger partial charge in [0.25, 0.3) is 0 Å². The van der Waals surface area contributed by atoms with Crippen LogP contribution in [-0.4, -0.2) is 0 Å². The highest BCUT2D eigenvalue weighted by Gasteiger charge is 1.99. The van der Waals surface area contributed by atoms with Crippen molar-refractivity contribution >= 4 is 28.6 Å². The highest BCUT2D eigenvalue weighted by atomic mass is 127. The first-order valence-corrected chi connectivity index (χ1v) is 3.63. The van der Waals surface area contributed by atoms with E-state index in [9.17, 15) is 8.78 Å². The van der Waals surface area contributed by atoms with Crippen molar-refractivity contribution in [1.82, 2.24) is 0 Å². The molecule has 0 spiro atoms. The Balaban J connectivity index is 3.07. The lowest BCUT2D eigenvalue weighted by Crippen LogP contribution is -1.86. The fraction of sp³-hybridized carbons (Fsp3) is 0. The van der Waals surface area contributed by atoms with Crippen molar-refractivity contribution in [3.8, 4) is 0 Å². The number of rotatable bonds is 1. The minimum absolute atomic E-state index is 0.294. The van der Waals surface area contributed by atoms with Gasteiger partial charge in [-0.3, -0.25) is 0 Å². The quantitative estimate of drug-likeness (QED) is 0.601. The van der Waals surface area contributed by atoms with E-state index in [-0.39, 0.29) is 0 Å². The second-order valence-electron chi connectivity index (χ2n) is 1.72. The minimum Gasteiger partial charge on any atom is -0.326 e. The molecular formula is C6H4F2IN. The van der Waals surface area contributed by atoms with Gasteiger partial charge in [-0.1, -0.05) is 0 Å². The molecule has 0 atom stereocenters. The third-order valence-electron chi connectivity index (χ3n) is 1.03. The lowest BCUT2D eigenvalue weighted by atomic mass is 10.3. The topological polar surface area (TPSA) is 12.0 Å². The summed E-state index contributed by atoms with van der Waals surface area (Å²) in [7, 11) is 0. The van der Waals surface area contributed by atoms with E-state index in [2.05, 4.69) is 3.53 Å². The van der Waals surface area contributed by atoms with E-state index in [1.54, 1.807) is 22.9 Å². The first-order valence-electron chi connectivity index (χ1n) is 2.55. The molecule has 4 heteroatoms. The third kappa shape index (κ3) is 1.56. The molecule has 0 saturated carbocycles. The van der Waals surface area contributed by atoms with Crippen LogP contribution in [0.5, 0.6) is 0 Å². The fourth-order valence-electron chi connectivity index (χ4n) is 0.566. The normalized spacial score (nSPS) is 9.50. The standard InChI is InChI=1S/C6H4F2IN/c7-4-1-2-6(10-9)5(8)3-4/h1-3,10H. The highest BCUT2D eigenvalue weighted by Crippen LogP contribution is 2.15. The van der Waals surface area contributed by atoms with Crippen LogP contribution in [0, 0.1) is 11.6 Å². The fourth-order valence-corrected chi connectivity index (χ4v) is 1.00. The van der Waals surface area contributed by atoms with Crippen LogP contribution < -0.4 is 3.53 Å². The van der Waals surface area contributed by atoms with Gasteiger partial charge >= 0.3 is 0 Å². The number of hydrogen-bond acceptors (Lipinski definition) is 1.